The van der Waals surface area contributed by atoms with Gasteiger partial charge in [0.25, 0.3) is 0 Å². The van der Waals surface area contributed by atoms with Crippen molar-refractivity contribution in [1.29, 1.82) is 0 Å². The van der Waals surface area contributed by atoms with Crippen molar-refractivity contribution in [3.05, 3.63) is 18.0 Å². The van der Waals surface area contributed by atoms with Crippen molar-refractivity contribution in [1.82, 2.24) is 15.1 Å². The van der Waals surface area contributed by atoms with Crippen molar-refractivity contribution in [3.8, 4) is 0 Å². The zero-order valence-electron chi connectivity index (χ0n) is 12.6. The fraction of sp³-hybridized carbons (Fsp3) is 0.786. The molecule has 1 aromatic rings. The Morgan fingerprint density at radius 2 is 1.94 bits per heavy atom. The molecule has 0 saturated heterocycles. The Bertz CT molecular complexity index is 363. The first-order valence-corrected chi connectivity index (χ1v) is 6.63. The Hall–Kier alpha value is -0.870. The minimum atomic E-state index is -0.116. The van der Waals surface area contributed by atoms with Crippen LogP contribution in [0.15, 0.2) is 12.4 Å². The van der Waals surface area contributed by atoms with Gasteiger partial charge in [-0.05, 0) is 41.5 Å². The van der Waals surface area contributed by atoms with Gasteiger partial charge in [-0.3, -0.25) is 4.68 Å². The molecule has 0 radical (unpaired) electrons. The van der Waals surface area contributed by atoms with Gasteiger partial charge in [0.2, 0.25) is 0 Å². The maximum absolute atomic E-state index is 5.64. The van der Waals surface area contributed by atoms with E-state index in [9.17, 15) is 0 Å². The number of rotatable bonds is 6. The molecule has 0 aliphatic rings. The lowest BCUT2D eigenvalue weighted by atomic mass is 10.1. The summed E-state index contributed by atoms with van der Waals surface area (Å²) in [5, 5.41) is 7.80. The van der Waals surface area contributed by atoms with E-state index in [1.165, 1.54) is 5.56 Å². The second-order valence-electron chi connectivity index (χ2n) is 6.26. The molecule has 0 bridgehead atoms. The molecular weight excluding hydrogens is 226 g/mol. The van der Waals surface area contributed by atoms with E-state index < -0.39 is 0 Å². The molecule has 0 spiro atoms. The van der Waals surface area contributed by atoms with Crippen LogP contribution in [0.3, 0.4) is 0 Å². The van der Waals surface area contributed by atoms with Crippen molar-refractivity contribution in [2.45, 2.75) is 59.2 Å². The first-order chi connectivity index (χ1) is 8.24. The number of hydrogen-bond acceptors (Lipinski definition) is 3. The van der Waals surface area contributed by atoms with E-state index in [0.29, 0.717) is 0 Å². The molecule has 1 aromatic heterocycles. The molecule has 0 atom stereocenters. The van der Waals surface area contributed by atoms with Crippen molar-refractivity contribution >= 4 is 0 Å². The molecule has 0 saturated carbocycles. The molecular formula is C14H27N3O. The molecule has 0 fully saturated rings. The van der Waals surface area contributed by atoms with Gasteiger partial charge in [0.05, 0.1) is 17.3 Å². The molecule has 1 N–H and O–H groups in total. The van der Waals surface area contributed by atoms with Gasteiger partial charge in [-0.2, -0.15) is 5.10 Å². The van der Waals surface area contributed by atoms with E-state index in [1.54, 1.807) is 0 Å². The van der Waals surface area contributed by atoms with Gasteiger partial charge in [0, 0.05) is 31.5 Å². The van der Waals surface area contributed by atoms with Crippen LogP contribution in [0.4, 0.5) is 0 Å². The van der Waals surface area contributed by atoms with E-state index >= 15 is 0 Å². The highest BCUT2D eigenvalue weighted by atomic mass is 16.5. The second kappa shape index (κ2) is 5.85. The van der Waals surface area contributed by atoms with Crippen LogP contribution in [-0.2, 0) is 16.8 Å². The zero-order chi connectivity index (χ0) is 13.8. The lowest BCUT2D eigenvalue weighted by Gasteiger charge is -2.24. The third-order valence-corrected chi connectivity index (χ3v) is 2.74. The molecule has 0 unspecified atom stereocenters. The maximum Gasteiger partial charge on any atom is 0.0750 e. The Morgan fingerprint density at radius 3 is 2.44 bits per heavy atom. The fourth-order valence-corrected chi connectivity index (χ4v) is 1.77. The lowest BCUT2D eigenvalue weighted by Crippen LogP contribution is -2.37. The van der Waals surface area contributed by atoms with Crippen LogP contribution in [-0.4, -0.2) is 28.5 Å². The first kappa shape index (κ1) is 15.2. The predicted octanol–water partition coefficient (Wildman–Crippen LogP) is 2.54. The average Bonchev–Trinajstić information content (AvgIpc) is 2.65. The summed E-state index contributed by atoms with van der Waals surface area (Å²) < 4.78 is 7.64. The fourth-order valence-electron chi connectivity index (χ4n) is 1.77. The molecule has 4 heteroatoms. The highest BCUT2D eigenvalue weighted by molar-refractivity contribution is 5.05. The summed E-state index contributed by atoms with van der Waals surface area (Å²) >= 11 is 0. The van der Waals surface area contributed by atoms with Gasteiger partial charge in [-0.1, -0.05) is 0 Å². The summed E-state index contributed by atoms with van der Waals surface area (Å²) in [7, 11) is 0. The smallest absolute Gasteiger partial charge is 0.0750 e. The van der Waals surface area contributed by atoms with Gasteiger partial charge in [0.1, 0.15) is 0 Å². The van der Waals surface area contributed by atoms with E-state index in [2.05, 4.69) is 51.2 Å². The highest BCUT2D eigenvalue weighted by Crippen LogP contribution is 2.13. The van der Waals surface area contributed by atoms with E-state index in [0.717, 1.165) is 19.7 Å². The van der Waals surface area contributed by atoms with E-state index in [1.807, 2.05) is 17.8 Å². The SMILES string of the molecule is CCOC(C)(C)CNCc1cnn(C(C)(C)C)c1. The third-order valence-electron chi connectivity index (χ3n) is 2.74. The molecule has 0 aliphatic heterocycles. The molecule has 0 aromatic carbocycles. The topological polar surface area (TPSA) is 39.1 Å². The Morgan fingerprint density at radius 1 is 1.28 bits per heavy atom. The molecule has 104 valence electrons. The molecule has 0 aliphatic carbocycles. The molecule has 18 heavy (non-hydrogen) atoms. The summed E-state index contributed by atoms with van der Waals surface area (Å²) in [6.07, 6.45) is 4.02. The Kier molecular flexibility index (Phi) is 4.93. The number of nitrogens with one attached hydrogen (secondary N) is 1. The lowest BCUT2D eigenvalue weighted by molar-refractivity contribution is -0.00897. The Labute approximate surface area is 111 Å². The van der Waals surface area contributed by atoms with Crippen molar-refractivity contribution in [2.75, 3.05) is 13.2 Å². The predicted molar refractivity (Wildman–Crippen MR) is 74.6 cm³/mol. The second-order valence-corrected chi connectivity index (χ2v) is 6.26. The molecule has 1 heterocycles. The summed E-state index contributed by atoms with van der Waals surface area (Å²) in [6, 6.07) is 0. The summed E-state index contributed by atoms with van der Waals surface area (Å²) in [4.78, 5) is 0. The van der Waals surface area contributed by atoms with E-state index in [-0.39, 0.29) is 11.1 Å². The normalized spacial score (nSPS) is 13.0. The van der Waals surface area contributed by atoms with Crippen LogP contribution in [0.2, 0.25) is 0 Å². The number of hydrogen-bond donors (Lipinski definition) is 1. The average molecular weight is 253 g/mol. The standard InChI is InChI=1S/C14H27N3O/c1-7-18-14(5,6)11-15-8-12-9-16-17(10-12)13(2,3)4/h9-10,15H,7-8,11H2,1-6H3. The summed E-state index contributed by atoms with van der Waals surface area (Å²) in [5.74, 6) is 0. The Balaban J connectivity index is 2.43. The molecule has 4 nitrogen and oxygen atoms in total. The van der Waals surface area contributed by atoms with Crippen LogP contribution in [0.1, 0.15) is 47.1 Å². The highest BCUT2D eigenvalue weighted by Gasteiger charge is 2.17. The van der Waals surface area contributed by atoms with Gasteiger partial charge in [0.15, 0.2) is 0 Å². The van der Waals surface area contributed by atoms with Gasteiger partial charge >= 0.3 is 0 Å². The van der Waals surface area contributed by atoms with Crippen molar-refractivity contribution < 1.29 is 4.74 Å². The van der Waals surface area contributed by atoms with Gasteiger partial charge in [-0.15, -0.1) is 0 Å². The van der Waals surface area contributed by atoms with Crippen LogP contribution >= 0.6 is 0 Å². The quantitative estimate of drug-likeness (QED) is 0.847. The minimum Gasteiger partial charge on any atom is -0.375 e. The van der Waals surface area contributed by atoms with Crippen LogP contribution in [0.5, 0.6) is 0 Å². The van der Waals surface area contributed by atoms with Crippen LogP contribution in [0.25, 0.3) is 0 Å². The summed E-state index contributed by atoms with van der Waals surface area (Å²) in [5.41, 5.74) is 1.13. The van der Waals surface area contributed by atoms with Gasteiger partial charge < -0.3 is 10.1 Å². The van der Waals surface area contributed by atoms with Crippen LogP contribution < -0.4 is 5.32 Å². The van der Waals surface area contributed by atoms with Crippen molar-refractivity contribution in [2.24, 2.45) is 0 Å². The largest absolute Gasteiger partial charge is 0.375 e. The van der Waals surface area contributed by atoms with Gasteiger partial charge in [-0.25, -0.2) is 0 Å². The van der Waals surface area contributed by atoms with Crippen molar-refractivity contribution in [3.63, 3.8) is 0 Å². The third kappa shape index (κ3) is 4.78. The molecule has 1 rings (SSSR count). The molecule has 0 amide bonds. The monoisotopic (exact) mass is 253 g/mol. The first-order valence-electron chi connectivity index (χ1n) is 6.63. The number of aromatic nitrogens is 2. The van der Waals surface area contributed by atoms with E-state index in [4.69, 9.17) is 4.74 Å². The van der Waals surface area contributed by atoms with Crippen LogP contribution in [0, 0.1) is 0 Å². The maximum atomic E-state index is 5.64. The summed E-state index contributed by atoms with van der Waals surface area (Å²) in [6.45, 7) is 15.1. The minimum absolute atomic E-state index is 0.0445. The zero-order valence-corrected chi connectivity index (χ0v) is 12.6. The number of nitrogens with zero attached hydrogens (tertiary/aromatic N) is 2. The number of ether oxygens (including phenoxy) is 1.